The SMILES string of the molecule is CCCCCCn1nnc(C=O)c1-c1cccnc1. The molecule has 0 saturated carbocycles. The van der Waals surface area contributed by atoms with Gasteiger partial charge >= 0.3 is 0 Å². The van der Waals surface area contributed by atoms with Crippen molar-refractivity contribution in [3.05, 3.63) is 30.2 Å². The summed E-state index contributed by atoms with van der Waals surface area (Å²) in [5.41, 5.74) is 2.02. The van der Waals surface area contributed by atoms with E-state index in [-0.39, 0.29) is 0 Å². The molecule has 2 rings (SSSR count). The second-order valence-corrected chi connectivity index (χ2v) is 4.47. The van der Waals surface area contributed by atoms with Crippen LogP contribution in [0, 0.1) is 0 Å². The number of hydrogen-bond donors (Lipinski definition) is 0. The minimum absolute atomic E-state index is 0.378. The van der Waals surface area contributed by atoms with Gasteiger partial charge in [0.2, 0.25) is 0 Å². The summed E-state index contributed by atoms with van der Waals surface area (Å²) in [5.74, 6) is 0. The van der Waals surface area contributed by atoms with Crippen molar-refractivity contribution in [3.63, 3.8) is 0 Å². The second kappa shape index (κ2) is 6.78. The molecule has 5 heteroatoms. The minimum atomic E-state index is 0.378. The lowest BCUT2D eigenvalue weighted by Gasteiger charge is -2.06. The Hall–Kier alpha value is -2.04. The van der Waals surface area contributed by atoms with E-state index in [1.54, 1.807) is 17.1 Å². The summed E-state index contributed by atoms with van der Waals surface area (Å²) >= 11 is 0. The Bertz CT molecular complexity index is 521. The van der Waals surface area contributed by atoms with Crippen LogP contribution < -0.4 is 0 Å². The lowest BCUT2D eigenvalue weighted by molar-refractivity contribution is 0.111. The van der Waals surface area contributed by atoms with Crippen molar-refractivity contribution in [2.45, 2.75) is 39.2 Å². The third-order valence-electron chi connectivity index (χ3n) is 3.03. The van der Waals surface area contributed by atoms with Crippen molar-refractivity contribution in [2.75, 3.05) is 0 Å². The summed E-state index contributed by atoms with van der Waals surface area (Å²) in [4.78, 5) is 15.1. The van der Waals surface area contributed by atoms with E-state index in [2.05, 4.69) is 22.2 Å². The lowest BCUT2D eigenvalue weighted by atomic mass is 10.1. The molecule has 0 saturated heterocycles. The fourth-order valence-corrected chi connectivity index (χ4v) is 2.05. The molecule has 0 unspecified atom stereocenters. The number of pyridine rings is 1. The molecule has 0 amide bonds. The molecule has 0 aliphatic carbocycles. The number of aromatic nitrogens is 4. The number of nitrogens with zero attached hydrogens (tertiary/aromatic N) is 4. The van der Waals surface area contributed by atoms with Crippen LogP contribution in [0.1, 0.15) is 43.1 Å². The summed E-state index contributed by atoms with van der Waals surface area (Å²) < 4.78 is 1.80. The van der Waals surface area contributed by atoms with Gasteiger partial charge < -0.3 is 0 Å². The molecule has 0 radical (unpaired) electrons. The number of unbranched alkanes of at least 4 members (excludes halogenated alkanes) is 3. The number of aryl methyl sites for hydroxylation is 1. The maximum Gasteiger partial charge on any atom is 0.172 e. The molecule has 2 aromatic heterocycles. The maximum atomic E-state index is 11.1. The first-order chi connectivity index (χ1) is 9.36. The molecule has 2 aromatic rings. The molecule has 0 bridgehead atoms. The normalized spacial score (nSPS) is 10.6. The molecular formula is C14H18N4O. The van der Waals surface area contributed by atoms with Crippen LogP contribution in [0.15, 0.2) is 24.5 Å². The summed E-state index contributed by atoms with van der Waals surface area (Å²) in [6.07, 6.45) is 8.82. The zero-order chi connectivity index (χ0) is 13.5. The van der Waals surface area contributed by atoms with Crippen LogP contribution in [-0.2, 0) is 6.54 Å². The van der Waals surface area contributed by atoms with Crippen LogP contribution in [0.2, 0.25) is 0 Å². The molecule has 100 valence electrons. The van der Waals surface area contributed by atoms with Gasteiger partial charge in [0.25, 0.3) is 0 Å². The van der Waals surface area contributed by atoms with Crippen molar-refractivity contribution < 1.29 is 4.79 Å². The molecule has 19 heavy (non-hydrogen) atoms. The fraction of sp³-hybridized carbons (Fsp3) is 0.429. The quantitative estimate of drug-likeness (QED) is 0.566. The van der Waals surface area contributed by atoms with E-state index >= 15 is 0 Å². The monoisotopic (exact) mass is 258 g/mol. The highest BCUT2D eigenvalue weighted by molar-refractivity contribution is 5.82. The number of aldehydes is 1. The van der Waals surface area contributed by atoms with Crippen molar-refractivity contribution in [1.29, 1.82) is 0 Å². The predicted octanol–water partition coefficient (Wildman–Crippen LogP) is 2.73. The van der Waals surface area contributed by atoms with E-state index in [0.29, 0.717) is 5.69 Å². The Kier molecular flexibility index (Phi) is 4.78. The summed E-state index contributed by atoms with van der Waals surface area (Å²) in [7, 11) is 0. The Labute approximate surface area is 112 Å². The van der Waals surface area contributed by atoms with Crippen LogP contribution in [0.4, 0.5) is 0 Å². The van der Waals surface area contributed by atoms with Gasteiger partial charge in [-0.2, -0.15) is 0 Å². The first-order valence-corrected chi connectivity index (χ1v) is 6.66. The highest BCUT2D eigenvalue weighted by Crippen LogP contribution is 2.20. The van der Waals surface area contributed by atoms with Crippen molar-refractivity contribution in [2.24, 2.45) is 0 Å². The van der Waals surface area contributed by atoms with Gasteiger partial charge in [-0.05, 0) is 18.6 Å². The predicted molar refractivity (Wildman–Crippen MR) is 72.8 cm³/mol. The fourth-order valence-electron chi connectivity index (χ4n) is 2.05. The first-order valence-electron chi connectivity index (χ1n) is 6.66. The zero-order valence-electron chi connectivity index (χ0n) is 11.1. The summed E-state index contributed by atoms with van der Waals surface area (Å²) in [6, 6.07) is 3.76. The molecule has 0 aromatic carbocycles. The van der Waals surface area contributed by atoms with E-state index in [1.807, 2.05) is 12.1 Å². The molecule has 0 fully saturated rings. The van der Waals surface area contributed by atoms with Gasteiger partial charge in [0, 0.05) is 24.5 Å². The first kappa shape index (κ1) is 13.4. The van der Waals surface area contributed by atoms with Gasteiger partial charge in [-0.1, -0.05) is 31.4 Å². The summed E-state index contributed by atoms with van der Waals surface area (Å²) in [5, 5.41) is 8.00. The largest absolute Gasteiger partial charge is 0.296 e. The van der Waals surface area contributed by atoms with Gasteiger partial charge in [0.15, 0.2) is 12.0 Å². The summed E-state index contributed by atoms with van der Waals surface area (Å²) in [6.45, 7) is 2.96. The van der Waals surface area contributed by atoms with Crippen molar-refractivity contribution >= 4 is 6.29 Å². The molecule has 5 nitrogen and oxygen atoms in total. The molecular weight excluding hydrogens is 240 g/mol. The Morgan fingerprint density at radius 3 is 2.89 bits per heavy atom. The highest BCUT2D eigenvalue weighted by Gasteiger charge is 2.14. The number of hydrogen-bond acceptors (Lipinski definition) is 4. The molecule has 0 spiro atoms. The molecule has 2 heterocycles. The lowest BCUT2D eigenvalue weighted by Crippen LogP contribution is -2.03. The zero-order valence-corrected chi connectivity index (χ0v) is 11.1. The van der Waals surface area contributed by atoms with E-state index in [4.69, 9.17) is 0 Å². The van der Waals surface area contributed by atoms with E-state index in [1.165, 1.54) is 19.3 Å². The van der Waals surface area contributed by atoms with Gasteiger partial charge in [0.1, 0.15) is 5.69 Å². The Morgan fingerprint density at radius 2 is 2.21 bits per heavy atom. The van der Waals surface area contributed by atoms with Crippen molar-refractivity contribution in [3.8, 4) is 11.3 Å². The van der Waals surface area contributed by atoms with Gasteiger partial charge in [-0.3, -0.25) is 9.78 Å². The molecule has 0 aliphatic heterocycles. The standard InChI is InChI=1S/C14H18N4O/c1-2-3-4-5-9-18-14(13(11-19)16-17-18)12-7-6-8-15-10-12/h6-8,10-11H,2-5,9H2,1H3. The van der Waals surface area contributed by atoms with E-state index < -0.39 is 0 Å². The smallest absolute Gasteiger partial charge is 0.172 e. The van der Waals surface area contributed by atoms with Crippen molar-refractivity contribution in [1.82, 2.24) is 20.0 Å². The van der Waals surface area contributed by atoms with Gasteiger partial charge in [0.05, 0.1) is 0 Å². The average molecular weight is 258 g/mol. The van der Waals surface area contributed by atoms with Crippen LogP contribution in [0.5, 0.6) is 0 Å². The van der Waals surface area contributed by atoms with Gasteiger partial charge in [-0.15, -0.1) is 5.10 Å². The van der Waals surface area contributed by atoms with Crippen LogP contribution in [0.25, 0.3) is 11.3 Å². The number of carbonyl (C=O) groups is 1. The molecule has 0 N–H and O–H groups in total. The Balaban J connectivity index is 2.20. The average Bonchev–Trinajstić information content (AvgIpc) is 2.87. The maximum absolute atomic E-state index is 11.1. The third-order valence-corrected chi connectivity index (χ3v) is 3.03. The van der Waals surface area contributed by atoms with Gasteiger partial charge in [-0.25, -0.2) is 4.68 Å². The van der Waals surface area contributed by atoms with Crippen LogP contribution >= 0.6 is 0 Å². The number of carbonyl (C=O) groups excluding carboxylic acids is 1. The molecule has 0 aliphatic rings. The minimum Gasteiger partial charge on any atom is -0.296 e. The topological polar surface area (TPSA) is 60.7 Å². The van der Waals surface area contributed by atoms with E-state index in [0.717, 1.165) is 30.5 Å². The van der Waals surface area contributed by atoms with Crippen LogP contribution in [-0.4, -0.2) is 26.3 Å². The highest BCUT2D eigenvalue weighted by atomic mass is 16.1. The second-order valence-electron chi connectivity index (χ2n) is 4.47. The number of rotatable bonds is 7. The van der Waals surface area contributed by atoms with E-state index in [9.17, 15) is 4.79 Å². The Morgan fingerprint density at radius 1 is 1.32 bits per heavy atom. The van der Waals surface area contributed by atoms with Crippen LogP contribution in [0.3, 0.4) is 0 Å². The third kappa shape index (κ3) is 3.24. The molecule has 0 atom stereocenters.